The molecule has 3 heterocycles. The lowest BCUT2D eigenvalue weighted by Gasteiger charge is -2.25. The predicted molar refractivity (Wildman–Crippen MR) is 126 cm³/mol. The molecule has 0 radical (unpaired) electrons. The Labute approximate surface area is 184 Å². The molecular weight excluding hydrogens is 392 g/mol. The van der Waals surface area contributed by atoms with Crippen molar-refractivity contribution >= 4 is 29.0 Å². The Bertz CT molecular complexity index is 867. The van der Waals surface area contributed by atoms with E-state index in [2.05, 4.69) is 26.3 Å². The molecule has 2 aromatic rings. The minimum Gasteiger partial charge on any atom is -0.380 e. The maximum absolute atomic E-state index is 8.52. The zero-order valence-electron chi connectivity index (χ0n) is 18.7. The fourth-order valence-electron chi connectivity index (χ4n) is 3.44. The highest BCUT2D eigenvalue weighted by atomic mass is 16.5. The molecule has 2 aromatic heterocycles. The van der Waals surface area contributed by atoms with Gasteiger partial charge in [0.05, 0.1) is 12.3 Å². The van der Waals surface area contributed by atoms with Crippen molar-refractivity contribution in [3.05, 3.63) is 29.6 Å². The van der Waals surface area contributed by atoms with Crippen molar-refractivity contribution in [3.8, 4) is 0 Å². The SMILES string of the molecule is CCOCCNc1c(Nc2cccc(C)n2)nc(NC2CCNCC2)nc1C(=N)CC. The highest BCUT2D eigenvalue weighted by Gasteiger charge is 2.20. The molecule has 0 bridgehead atoms. The molecule has 168 valence electrons. The fraction of sp³-hybridized carbons (Fsp3) is 0.545. The van der Waals surface area contributed by atoms with Crippen molar-refractivity contribution in [2.24, 2.45) is 0 Å². The number of anilines is 4. The molecule has 1 fully saturated rings. The summed E-state index contributed by atoms with van der Waals surface area (Å²) in [6.45, 7) is 9.66. The van der Waals surface area contributed by atoms with Crippen LogP contribution in [-0.4, -0.2) is 59.6 Å². The molecule has 9 nitrogen and oxygen atoms in total. The number of hydrogen-bond donors (Lipinski definition) is 5. The Kier molecular flexibility index (Phi) is 8.54. The summed E-state index contributed by atoms with van der Waals surface area (Å²) in [6.07, 6.45) is 2.60. The second-order valence-corrected chi connectivity index (χ2v) is 7.53. The van der Waals surface area contributed by atoms with Gasteiger partial charge in [-0.25, -0.2) is 9.97 Å². The molecule has 0 aromatic carbocycles. The van der Waals surface area contributed by atoms with E-state index in [1.807, 2.05) is 39.0 Å². The molecular formula is C22H34N8O. The van der Waals surface area contributed by atoms with Crippen molar-refractivity contribution in [1.82, 2.24) is 20.3 Å². The number of nitrogens with one attached hydrogen (secondary N) is 5. The third-order valence-electron chi connectivity index (χ3n) is 5.11. The van der Waals surface area contributed by atoms with Crippen LogP contribution < -0.4 is 21.3 Å². The van der Waals surface area contributed by atoms with Crippen LogP contribution in [0.4, 0.5) is 23.3 Å². The normalized spacial score (nSPS) is 14.3. The summed E-state index contributed by atoms with van der Waals surface area (Å²) in [5.74, 6) is 1.84. The van der Waals surface area contributed by atoms with Gasteiger partial charge in [0.25, 0.3) is 0 Å². The monoisotopic (exact) mass is 426 g/mol. The molecule has 3 rings (SSSR count). The number of piperidine rings is 1. The van der Waals surface area contributed by atoms with Gasteiger partial charge in [-0.1, -0.05) is 13.0 Å². The summed E-state index contributed by atoms with van der Waals surface area (Å²) in [6, 6.07) is 6.13. The van der Waals surface area contributed by atoms with Gasteiger partial charge in [-0.15, -0.1) is 0 Å². The standard InChI is InChI=1S/C22H34N8O/c1-4-17(23)19-20(25-13-14-31-5-2)21(28-18-8-6-7-15(3)26-18)30-22(29-19)27-16-9-11-24-12-10-16/h6-8,16,23-25H,4-5,9-14H2,1-3H3,(H2,26,27,28,29,30). The lowest BCUT2D eigenvalue weighted by Crippen LogP contribution is -2.36. The van der Waals surface area contributed by atoms with E-state index >= 15 is 0 Å². The molecule has 0 atom stereocenters. The molecule has 1 saturated heterocycles. The van der Waals surface area contributed by atoms with Crippen molar-refractivity contribution in [2.75, 3.05) is 48.8 Å². The van der Waals surface area contributed by atoms with E-state index in [0.29, 0.717) is 66.9 Å². The van der Waals surface area contributed by atoms with Crippen LogP contribution in [0.15, 0.2) is 18.2 Å². The summed E-state index contributed by atoms with van der Waals surface area (Å²) in [4.78, 5) is 14.1. The Morgan fingerprint density at radius 3 is 2.71 bits per heavy atom. The number of nitrogens with zero attached hydrogens (tertiary/aromatic N) is 3. The van der Waals surface area contributed by atoms with Crippen LogP contribution in [0.25, 0.3) is 0 Å². The van der Waals surface area contributed by atoms with Crippen molar-refractivity contribution in [2.45, 2.75) is 46.1 Å². The number of hydrogen-bond acceptors (Lipinski definition) is 9. The smallest absolute Gasteiger partial charge is 0.225 e. The van der Waals surface area contributed by atoms with E-state index in [1.165, 1.54) is 0 Å². The van der Waals surface area contributed by atoms with Gasteiger partial charge in [-0.2, -0.15) is 4.98 Å². The van der Waals surface area contributed by atoms with Gasteiger partial charge in [0.15, 0.2) is 5.82 Å². The topological polar surface area (TPSA) is 120 Å². The summed E-state index contributed by atoms with van der Waals surface area (Å²) < 4.78 is 5.47. The average molecular weight is 427 g/mol. The number of aromatic nitrogens is 3. The Morgan fingerprint density at radius 2 is 2.00 bits per heavy atom. The average Bonchev–Trinajstić information content (AvgIpc) is 2.77. The van der Waals surface area contributed by atoms with Gasteiger partial charge < -0.3 is 31.4 Å². The van der Waals surface area contributed by atoms with Crippen LogP contribution >= 0.6 is 0 Å². The maximum Gasteiger partial charge on any atom is 0.225 e. The van der Waals surface area contributed by atoms with Crippen LogP contribution in [0.2, 0.25) is 0 Å². The molecule has 1 aliphatic heterocycles. The lowest BCUT2D eigenvalue weighted by molar-refractivity contribution is 0.158. The van der Waals surface area contributed by atoms with Crippen LogP contribution in [-0.2, 0) is 4.74 Å². The van der Waals surface area contributed by atoms with E-state index in [4.69, 9.17) is 20.1 Å². The zero-order valence-corrected chi connectivity index (χ0v) is 18.7. The van der Waals surface area contributed by atoms with Gasteiger partial charge in [0.2, 0.25) is 5.95 Å². The highest BCUT2D eigenvalue weighted by molar-refractivity contribution is 6.03. The molecule has 0 unspecified atom stereocenters. The van der Waals surface area contributed by atoms with Gasteiger partial charge in [0, 0.05) is 24.9 Å². The van der Waals surface area contributed by atoms with E-state index in [-0.39, 0.29) is 0 Å². The molecule has 0 saturated carbocycles. The van der Waals surface area contributed by atoms with Crippen LogP contribution in [0, 0.1) is 12.3 Å². The van der Waals surface area contributed by atoms with Gasteiger partial charge in [-0.3, -0.25) is 0 Å². The van der Waals surface area contributed by atoms with E-state index < -0.39 is 0 Å². The summed E-state index contributed by atoms with van der Waals surface area (Å²) in [7, 11) is 0. The lowest BCUT2D eigenvalue weighted by atomic mass is 10.1. The first kappa shape index (κ1) is 22.9. The number of rotatable bonds is 11. The van der Waals surface area contributed by atoms with Crippen molar-refractivity contribution in [3.63, 3.8) is 0 Å². The first-order valence-electron chi connectivity index (χ1n) is 11.1. The molecule has 0 amide bonds. The third kappa shape index (κ3) is 6.60. The maximum atomic E-state index is 8.52. The van der Waals surface area contributed by atoms with E-state index in [0.717, 1.165) is 31.6 Å². The number of pyridine rings is 1. The first-order chi connectivity index (χ1) is 15.1. The molecule has 0 spiro atoms. The summed E-state index contributed by atoms with van der Waals surface area (Å²) in [5, 5.41) is 22.1. The zero-order chi connectivity index (χ0) is 22.1. The Hall–Kier alpha value is -2.78. The number of ether oxygens (including phenoxy) is 1. The summed E-state index contributed by atoms with van der Waals surface area (Å²) >= 11 is 0. The Balaban J connectivity index is 1.96. The van der Waals surface area contributed by atoms with Gasteiger partial charge >= 0.3 is 0 Å². The molecule has 0 aliphatic carbocycles. The highest BCUT2D eigenvalue weighted by Crippen LogP contribution is 2.29. The first-order valence-corrected chi connectivity index (χ1v) is 11.1. The minimum atomic E-state index is 0.312. The van der Waals surface area contributed by atoms with Gasteiger partial charge in [0.1, 0.15) is 17.2 Å². The quantitative estimate of drug-likeness (QED) is 0.274. The fourth-order valence-corrected chi connectivity index (χ4v) is 3.44. The largest absolute Gasteiger partial charge is 0.380 e. The molecule has 1 aliphatic rings. The van der Waals surface area contributed by atoms with Crippen LogP contribution in [0.5, 0.6) is 0 Å². The third-order valence-corrected chi connectivity index (χ3v) is 5.11. The predicted octanol–water partition coefficient (Wildman–Crippen LogP) is 3.31. The van der Waals surface area contributed by atoms with Crippen molar-refractivity contribution < 1.29 is 4.74 Å². The van der Waals surface area contributed by atoms with E-state index in [1.54, 1.807) is 0 Å². The molecule has 9 heteroatoms. The molecule has 31 heavy (non-hydrogen) atoms. The molecule has 5 N–H and O–H groups in total. The Morgan fingerprint density at radius 1 is 1.19 bits per heavy atom. The van der Waals surface area contributed by atoms with Gasteiger partial charge in [-0.05, 0) is 58.3 Å². The van der Waals surface area contributed by atoms with Crippen LogP contribution in [0.1, 0.15) is 44.5 Å². The van der Waals surface area contributed by atoms with Crippen molar-refractivity contribution in [1.29, 1.82) is 5.41 Å². The number of aryl methyl sites for hydroxylation is 1. The van der Waals surface area contributed by atoms with Crippen LogP contribution in [0.3, 0.4) is 0 Å². The second-order valence-electron chi connectivity index (χ2n) is 7.53. The van der Waals surface area contributed by atoms with E-state index in [9.17, 15) is 0 Å². The second kappa shape index (κ2) is 11.6. The minimum absolute atomic E-state index is 0.312. The summed E-state index contributed by atoms with van der Waals surface area (Å²) in [5.41, 5.74) is 2.67.